The van der Waals surface area contributed by atoms with Crippen LogP contribution in [0, 0.1) is 0 Å². The molecule has 3 nitrogen and oxygen atoms in total. The number of benzene rings is 1. The number of nitrogens with one attached hydrogen (secondary N) is 1. The van der Waals surface area contributed by atoms with E-state index in [4.69, 9.17) is 4.74 Å². The highest BCUT2D eigenvalue weighted by molar-refractivity contribution is 5.53. The summed E-state index contributed by atoms with van der Waals surface area (Å²) in [6, 6.07) is 7.82. The highest BCUT2D eigenvalue weighted by Crippen LogP contribution is 2.28. The Hall–Kier alpha value is -1.22. The van der Waals surface area contributed by atoms with Crippen LogP contribution in [-0.4, -0.2) is 36.7 Å². The zero-order chi connectivity index (χ0) is 13.2. The summed E-state index contributed by atoms with van der Waals surface area (Å²) in [5.41, 5.74) is 2.61. The van der Waals surface area contributed by atoms with Crippen molar-refractivity contribution < 1.29 is 4.74 Å². The van der Waals surface area contributed by atoms with Crippen LogP contribution in [-0.2, 0) is 6.42 Å². The molecule has 0 saturated carbocycles. The van der Waals surface area contributed by atoms with Crippen molar-refractivity contribution in [2.24, 2.45) is 0 Å². The van der Waals surface area contributed by atoms with Crippen LogP contribution in [0.1, 0.15) is 32.3 Å². The van der Waals surface area contributed by atoms with E-state index >= 15 is 0 Å². The highest BCUT2D eigenvalue weighted by atomic mass is 16.5. The second kappa shape index (κ2) is 5.41. The summed E-state index contributed by atoms with van der Waals surface area (Å²) in [5, 5.41) is 3.69. The summed E-state index contributed by atoms with van der Waals surface area (Å²) in [6.45, 7) is 7.83. The lowest BCUT2D eigenvalue weighted by Gasteiger charge is -2.35. The molecule has 0 unspecified atom stereocenters. The minimum Gasteiger partial charge on any atom is -0.493 e. The molecule has 1 aromatic carbocycles. The number of hydrogen-bond acceptors (Lipinski definition) is 3. The van der Waals surface area contributed by atoms with Crippen LogP contribution in [0.4, 0.5) is 5.69 Å². The van der Waals surface area contributed by atoms with Crippen molar-refractivity contribution in [2.45, 2.75) is 45.2 Å². The van der Waals surface area contributed by atoms with Crippen molar-refractivity contribution in [1.29, 1.82) is 0 Å². The summed E-state index contributed by atoms with van der Waals surface area (Å²) >= 11 is 0. The van der Waals surface area contributed by atoms with Crippen LogP contribution >= 0.6 is 0 Å². The molecular weight excluding hydrogens is 236 g/mol. The molecule has 1 N–H and O–H groups in total. The first kappa shape index (κ1) is 12.8. The minimum atomic E-state index is 0.621. The molecule has 3 rings (SSSR count). The van der Waals surface area contributed by atoms with Gasteiger partial charge in [-0.1, -0.05) is 0 Å². The number of likely N-dealkylation sites (tertiary alicyclic amines) is 1. The Balaban J connectivity index is 1.58. The van der Waals surface area contributed by atoms with Gasteiger partial charge in [-0.2, -0.15) is 0 Å². The van der Waals surface area contributed by atoms with Crippen LogP contribution < -0.4 is 10.1 Å². The van der Waals surface area contributed by atoms with E-state index in [9.17, 15) is 0 Å². The van der Waals surface area contributed by atoms with Crippen molar-refractivity contribution in [3.63, 3.8) is 0 Å². The van der Waals surface area contributed by atoms with E-state index in [2.05, 4.69) is 42.3 Å². The molecule has 2 aliphatic rings. The van der Waals surface area contributed by atoms with Gasteiger partial charge >= 0.3 is 0 Å². The Kier molecular flexibility index (Phi) is 3.65. The molecule has 0 amide bonds. The summed E-state index contributed by atoms with van der Waals surface area (Å²) < 4.78 is 5.55. The first-order valence-electron chi connectivity index (χ1n) is 7.48. The van der Waals surface area contributed by atoms with Crippen LogP contribution in [0.5, 0.6) is 5.75 Å². The molecule has 0 aromatic heterocycles. The molecule has 0 spiro atoms. The number of rotatable bonds is 3. The fourth-order valence-corrected chi connectivity index (χ4v) is 3.07. The van der Waals surface area contributed by atoms with Gasteiger partial charge < -0.3 is 15.0 Å². The van der Waals surface area contributed by atoms with E-state index < -0.39 is 0 Å². The van der Waals surface area contributed by atoms with E-state index in [1.54, 1.807) is 0 Å². The maximum absolute atomic E-state index is 5.55. The predicted molar refractivity (Wildman–Crippen MR) is 79.0 cm³/mol. The van der Waals surface area contributed by atoms with Gasteiger partial charge in [-0.15, -0.1) is 0 Å². The Labute approximate surface area is 115 Å². The third-order valence-electron chi connectivity index (χ3n) is 4.32. The maximum atomic E-state index is 5.55. The topological polar surface area (TPSA) is 24.5 Å². The fourth-order valence-electron chi connectivity index (χ4n) is 3.07. The average molecular weight is 260 g/mol. The number of piperidine rings is 1. The van der Waals surface area contributed by atoms with Gasteiger partial charge in [0.25, 0.3) is 0 Å². The van der Waals surface area contributed by atoms with Gasteiger partial charge in [-0.25, -0.2) is 0 Å². The molecule has 1 aromatic rings. The zero-order valence-electron chi connectivity index (χ0n) is 12.0. The number of hydrogen-bond donors (Lipinski definition) is 1. The number of ether oxygens (including phenoxy) is 1. The second-order valence-corrected chi connectivity index (χ2v) is 5.97. The first-order chi connectivity index (χ1) is 9.22. The zero-order valence-corrected chi connectivity index (χ0v) is 12.0. The van der Waals surface area contributed by atoms with Crippen LogP contribution in [0.2, 0.25) is 0 Å². The molecule has 0 aliphatic carbocycles. The second-order valence-electron chi connectivity index (χ2n) is 5.97. The van der Waals surface area contributed by atoms with E-state index in [1.165, 1.54) is 37.2 Å². The van der Waals surface area contributed by atoms with Crippen molar-refractivity contribution in [2.75, 3.05) is 25.0 Å². The summed E-state index contributed by atoms with van der Waals surface area (Å²) in [6.07, 6.45) is 3.54. The number of anilines is 1. The van der Waals surface area contributed by atoms with Crippen LogP contribution in [0.25, 0.3) is 0 Å². The lowest BCUT2D eigenvalue weighted by molar-refractivity contribution is 0.177. The molecule has 2 aliphatic heterocycles. The summed E-state index contributed by atoms with van der Waals surface area (Å²) in [7, 11) is 0. The predicted octanol–water partition coefficient (Wildman–Crippen LogP) is 2.91. The molecule has 104 valence electrons. The Morgan fingerprint density at radius 1 is 1.26 bits per heavy atom. The van der Waals surface area contributed by atoms with E-state index in [1.807, 2.05) is 0 Å². The van der Waals surface area contributed by atoms with Crippen molar-refractivity contribution in [3.8, 4) is 5.75 Å². The smallest absolute Gasteiger partial charge is 0.122 e. The quantitative estimate of drug-likeness (QED) is 0.904. The van der Waals surface area contributed by atoms with E-state index in [0.29, 0.717) is 12.1 Å². The molecule has 19 heavy (non-hydrogen) atoms. The minimum absolute atomic E-state index is 0.621. The molecular formula is C16H24N2O. The molecule has 1 saturated heterocycles. The van der Waals surface area contributed by atoms with E-state index in [0.717, 1.165) is 18.8 Å². The molecule has 1 fully saturated rings. The Morgan fingerprint density at radius 2 is 2.05 bits per heavy atom. The van der Waals surface area contributed by atoms with Crippen molar-refractivity contribution in [3.05, 3.63) is 23.8 Å². The highest BCUT2D eigenvalue weighted by Gasteiger charge is 2.21. The Morgan fingerprint density at radius 3 is 2.79 bits per heavy atom. The van der Waals surface area contributed by atoms with Gasteiger partial charge in [0.15, 0.2) is 0 Å². The van der Waals surface area contributed by atoms with E-state index in [-0.39, 0.29) is 0 Å². The largest absolute Gasteiger partial charge is 0.493 e. The SMILES string of the molecule is CC(C)N1CCC(Nc2ccc3c(c2)CCO3)CC1. The summed E-state index contributed by atoms with van der Waals surface area (Å²) in [4.78, 5) is 2.56. The average Bonchev–Trinajstić information content (AvgIpc) is 2.87. The number of fused-ring (bicyclic) bond motifs is 1. The van der Waals surface area contributed by atoms with Gasteiger partial charge in [0.05, 0.1) is 6.61 Å². The molecule has 0 radical (unpaired) electrons. The molecule has 0 atom stereocenters. The van der Waals surface area contributed by atoms with Gasteiger partial charge in [0, 0.05) is 37.3 Å². The van der Waals surface area contributed by atoms with Gasteiger partial charge in [-0.3, -0.25) is 0 Å². The summed E-state index contributed by atoms with van der Waals surface area (Å²) in [5.74, 6) is 1.07. The van der Waals surface area contributed by atoms with Crippen LogP contribution in [0.15, 0.2) is 18.2 Å². The lowest BCUT2D eigenvalue weighted by atomic mass is 10.0. The molecule has 2 heterocycles. The molecule has 0 bridgehead atoms. The van der Waals surface area contributed by atoms with Gasteiger partial charge in [-0.05, 0) is 50.5 Å². The van der Waals surface area contributed by atoms with Gasteiger partial charge in [0.1, 0.15) is 5.75 Å². The van der Waals surface area contributed by atoms with Crippen molar-refractivity contribution in [1.82, 2.24) is 4.90 Å². The third-order valence-corrected chi connectivity index (χ3v) is 4.32. The lowest BCUT2D eigenvalue weighted by Crippen LogP contribution is -2.42. The maximum Gasteiger partial charge on any atom is 0.122 e. The van der Waals surface area contributed by atoms with Crippen LogP contribution in [0.3, 0.4) is 0 Å². The Bertz CT molecular complexity index is 436. The monoisotopic (exact) mass is 260 g/mol. The molecule has 3 heteroatoms. The van der Waals surface area contributed by atoms with Crippen molar-refractivity contribution >= 4 is 5.69 Å². The van der Waals surface area contributed by atoms with Gasteiger partial charge in [0.2, 0.25) is 0 Å². The number of nitrogens with zero attached hydrogens (tertiary/aromatic N) is 1. The third kappa shape index (κ3) is 2.86. The standard InChI is InChI=1S/C16H24N2O/c1-12(2)18-8-5-14(6-9-18)17-15-3-4-16-13(11-15)7-10-19-16/h3-4,11-12,14,17H,5-10H2,1-2H3. The fraction of sp³-hybridized carbons (Fsp3) is 0.625. The first-order valence-corrected chi connectivity index (χ1v) is 7.48. The normalized spacial score (nSPS) is 20.4.